The van der Waals surface area contributed by atoms with Crippen LogP contribution < -0.4 is 0 Å². The number of piperidine rings is 1. The summed E-state index contributed by atoms with van der Waals surface area (Å²) in [6.45, 7) is 5.18. The van der Waals surface area contributed by atoms with Gasteiger partial charge < -0.3 is 19.3 Å². The molecule has 0 bridgehead atoms. The zero-order valence-electron chi connectivity index (χ0n) is 24.3. The van der Waals surface area contributed by atoms with Gasteiger partial charge >= 0.3 is 5.97 Å². The van der Waals surface area contributed by atoms with Gasteiger partial charge in [0.15, 0.2) is 0 Å². The Morgan fingerprint density at radius 2 is 1.90 bits per heavy atom. The number of aromatic nitrogens is 2. The van der Waals surface area contributed by atoms with Crippen molar-refractivity contribution in [2.45, 2.75) is 51.5 Å². The molecule has 8 heteroatoms. The second-order valence-corrected chi connectivity index (χ2v) is 11.8. The molecule has 0 unspecified atom stereocenters. The van der Waals surface area contributed by atoms with Crippen molar-refractivity contribution in [2.24, 2.45) is 5.92 Å². The van der Waals surface area contributed by atoms with Crippen molar-refractivity contribution < 1.29 is 19.4 Å². The highest BCUT2D eigenvalue weighted by molar-refractivity contribution is 6.33. The molecule has 0 saturated carbocycles. The molecule has 1 aliphatic rings. The fourth-order valence-corrected chi connectivity index (χ4v) is 6.32. The second kappa shape index (κ2) is 13.5. The normalized spacial score (nSPS) is 16.1. The Balaban J connectivity index is 1.21. The third-order valence-electron chi connectivity index (χ3n) is 8.14. The van der Waals surface area contributed by atoms with Gasteiger partial charge in [-0.05, 0) is 67.0 Å². The summed E-state index contributed by atoms with van der Waals surface area (Å²) in [5.41, 5.74) is 5.19. The maximum Gasteiger partial charge on any atom is 0.335 e. The average Bonchev–Trinajstić information content (AvgIpc) is 3.36. The molecule has 0 radical (unpaired) electrons. The largest absolute Gasteiger partial charge is 0.478 e. The minimum Gasteiger partial charge on any atom is -0.478 e. The van der Waals surface area contributed by atoms with Gasteiger partial charge in [0, 0.05) is 56.3 Å². The third-order valence-corrected chi connectivity index (χ3v) is 8.45. The fourth-order valence-electron chi connectivity index (χ4n) is 6.03. The number of fused-ring (bicyclic) bond motifs is 1. The summed E-state index contributed by atoms with van der Waals surface area (Å²) in [6.07, 6.45) is 4.22. The summed E-state index contributed by atoms with van der Waals surface area (Å²) < 4.78 is 7.62. The monoisotopic (exact) mass is 587 g/mol. The van der Waals surface area contributed by atoms with Crippen LogP contribution in [0.5, 0.6) is 0 Å². The maximum atomic E-state index is 13.4. The quantitative estimate of drug-likeness (QED) is 0.190. The lowest BCUT2D eigenvalue weighted by Gasteiger charge is -2.33. The summed E-state index contributed by atoms with van der Waals surface area (Å²) in [7, 11) is 1.73. The van der Waals surface area contributed by atoms with E-state index in [-0.39, 0.29) is 23.3 Å². The standard InChI is InChI=1S/C34H38ClN3O4/c1-23(19-24-10-12-25(13-11-24)28-15-14-26(34(40)41)21-29(28)35)20-32(39)37-16-5-7-27(22-37)33-36-30-8-3-4-9-31(30)38(33)17-6-18-42-2/h3-4,8-15,21,23,27H,5-7,16-20,22H2,1-2H3,(H,40,41)/t23-,27-/m1/s1. The smallest absolute Gasteiger partial charge is 0.335 e. The van der Waals surface area contributed by atoms with Gasteiger partial charge in [-0.2, -0.15) is 0 Å². The number of hydrogen-bond acceptors (Lipinski definition) is 4. The number of halogens is 1. The number of carbonyl (C=O) groups is 2. The van der Waals surface area contributed by atoms with E-state index in [1.165, 1.54) is 6.07 Å². The number of aryl methyl sites for hydroxylation is 1. The molecule has 1 aliphatic heterocycles. The molecule has 42 heavy (non-hydrogen) atoms. The number of benzene rings is 3. The third kappa shape index (κ3) is 6.85. The van der Waals surface area contributed by atoms with Gasteiger partial charge in [-0.3, -0.25) is 4.79 Å². The summed E-state index contributed by atoms with van der Waals surface area (Å²) in [4.78, 5) is 31.7. The van der Waals surface area contributed by atoms with Crippen molar-refractivity contribution in [3.63, 3.8) is 0 Å². The lowest BCUT2D eigenvalue weighted by molar-refractivity contribution is -0.133. The van der Waals surface area contributed by atoms with E-state index in [0.29, 0.717) is 24.6 Å². The van der Waals surface area contributed by atoms with Gasteiger partial charge in [0.2, 0.25) is 5.91 Å². The minimum atomic E-state index is -1.000. The fraction of sp³-hybridized carbons (Fsp3) is 0.382. The van der Waals surface area contributed by atoms with Crippen LogP contribution in [0, 0.1) is 5.92 Å². The number of carbonyl (C=O) groups excluding carboxylic acids is 1. The van der Waals surface area contributed by atoms with Crippen LogP contribution >= 0.6 is 11.6 Å². The van der Waals surface area contributed by atoms with E-state index < -0.39 is 5.97 Å². The van der Waals surface area contributed by atoms with E-state index in [1.807, 2.05) is 23.1 Å². The number of ether oxygens (including phenoxy) is 1. The van der Waals surface area contributed by atoms with E-state index in [0.717, 1.165) is 72.3 Å². The zero-order valence-corrected chi connectivity index (χ0v) is 25.0. The Morgan fingerprint density at radius 1 is 1.12 bits per heavy atom. The predicted molar refractivity (Wildman–Crippen MR) is 166 cm³/mol. The lowest BCUT2D eigenvalue weighted by Crippen LogP contribution is -2.40. The van der Waals surface area contributed by atoms with Gasteiger partial charge in [-0.25, -0.2) is 9.78 Å². The summed E-state index contributed by atoms with van der Waals surface area (Å²) in [6, 6.07) is 21.2. The highest BCUT2D eigenvalue weighted by Crippen LogP contribution is 2.32. The highest BCUT2D eigenvalue weighted by atomic mass is 35.5. The number of rotatable bonds is 11. The number of nitrogens with zero attached hydrogens (tertiary/aromatic N) is 3. The Hall–Kier alpha value is -3.68. The number of carboxylic acid groups (broad SMARTS) is 1. The second-order valence-electron chi connectivity index (χ2n) is 11.3. The number of carboxylic acids is 1. The van der Waals surface area contributed by atoms with Crippen LogP contribution in [0.1, 0.15) is 60.3 Å². The van der Waals surface area contributed by atoms with Crippen LogP contribution in [0.15, 0.2) is 66.7 Å². The van der Waals surface area contributed by atoms with E-state index in [2.05, 4.69) is 41.8 Å². The molecule has 7 nitrogen and oxygen atoms in total. The van der Waals surface area contributed by atoms with Crippen LogP contribution in [0.4, 0.5) is 0 Å². The van der Waals surface area contributed by atoms with Gasteiger partial charge in [-0.1, -0.05) is 61.0 Å². The van der Waals surface area contributed by atoms with Crippen molar-refractivity contribution in [2.75, 3.05) is 26.8 Å². The van der Waals surface area contributed by atoms with Crippen molar-refractivity contribution in [3.8, 4) is 11.1 Å². The molecule has 1 fully saturated rings. The van der Waals surface area contributed by atoms with E-state index >= 15 is 0 Å². The summed E-state index contributed by atoms with van der Waals surface area (Å²) in [5.74, 6) is 0.699. The number of aromatic carboxylic acids is 1. The van der Waals surface area contributed by atoms with E-state index in [9.17, 15) is 14.7 Å². The summed E-state index contributed by atoms with van der Waals surface area (Å²) >= 11 is 6.35. The molecule has 220 valence electrons. The van der Waals surface area contributed by atoms with Crippen LogP contribution in [0.3, 0.4) is 0 Å². The lowest BCUT2D eigenvalue weighted by atomic mass is 9.93. The molecule has 1 N–H and O–H groups in total. The molecular weight excluding hydrogens is 550 g/mol. The van der Waals surface area contributed by atoms with Gasteiger partial charge in [0.25, 0.3) is 0 Å². The highest BCUT2D eigenvalue weighted by Gasteiger charge is 2.29. The Morgan fingerprint density at radius 3 is 2.64 bits per heavy atom. The van der Waals surface area contributed by atoms with Crippen LogP contribution in [-0.2, 0) is 22.5 Å². The first-order chi connectivity index (χ1) is 20.3. The Bertz CT molecular complexity index is 1550. The molecule has 1 amide bonds. The van der Waals surface area contributed by atoms with Gasteiger partial charge in [-0.15, -0.1) is 0 Å². The van der Waals surface area contributed by atoms with Gasteiger partial charge in [0.05, 0.1) is 16.6 Å². The van der Waals surface area contributed by atoms with Crippen molar-refractivity contribution in [1.82, 2.24) is 14.5 Å². The Kier molecular flexibility index (Phi) is 9.60. The molecule has 2 atom stereocenters. The minimum absolute atomic E-state index is 0.166. The SMILES string of the molecule is COCCCn1c([C@@H]2CCCN(C(=O)C[C@H](C)Cc3ccc(-c4ccc(C(=O)O)cc4Cl)cc3)C2)nc2ccccc21. The maximum absolute atomic E-state index is 13.4. The van der Waals surface area contributed by atoms with Crippen LogP contribution in [-0.4, -0.2) is 58.2 Å². The topological polar surface area (TPSA) is 84.7 Å². The van der Waals surface area contributed by atoms with E-state index in [4.69, 9.17) is 21.3 Å². The number of methoxy groups -OCH3 is 1. The predicted octanol–water partition coefficient (Wildman–Crippen LogP) is 7.07. The molecule has 5 rings (SSSR count). The molecule has 4 aromatic rings. The first kappa shape index (κ1) is 29.8. The number of para-hydroxylation sites is 2. The van der Waals surface area contributed by atoms with Crippen molar-refractivity contribution in [3.05, 3.63) is 88.7 Å². The van der Waals surface area contributed by atoms with E-state index in [1.54, 1.807) is 19.2 Å². The average molecular weight is 588 g/mol. The molecule has 1 saturated heterocycles. The molecule has 2 heterocycles. The van der Waals surface area contributed by atoms with Crippen LogP contribution in [0.25, 0.3) is 22.2 Å². The van der Waals surface area contributed by atoms with Crippen LogP contribution in [0.2, 0.25) is 5.02 Å². The molecule has 1 aromatic heterocycles. The molecular formula is C34H38ClN3O4. The number of likely N-dealkylation sites (tertiary alicyclic amines) is 1. The summed E-state index contributed by atoms with van der Waals surface area (Å²) in [5, 5.41) is 9.59. The molecule has 0 spiro atoms. The van der Waals surface area contributed by atoms with Crippen molar-refractivity contribution >= 4 is 34.5 Å². The number of hydrogen-bond donors (Lipinski definition) is 1. The van der Waals surface area contributed by atoms with Crippen molar-refractivity contribution in [1.29, 1.82) is 0 Å². The van der Waals surface area contributed by atoms with Gasteiger partial charge in [0.1, 0.15) is 5.82 Å². The first-order valence-corrected chi connectivity index (χ1v) is 15.1. The zero-order chi connectivity index (χ0) is 29.6. The molecule has 0 aliphatic carbocycles. The number of amides is 1. The Labute approximate surface area is 252 Å². The first-order valence-electron chi connectivity index (χ1n) is 14.7. The molecule has 3 aromatic carbocycles. The number of imidazole rings is 1.